The molecule has 0 saturated carbocycles. The predicted molar refractivity (Wildman–Crippen MR) is 104 cm³/mol. The quantitative estimate of drug-likeness (QED) is 0.649. The highest BCUT2D eigenvalue weighted by Crippen LogP contribution is 2.22. The van der Waals surface area contributed by atoms with E-state index in [9.17, 15) is 18.0 Å². The minimum atomic E-state index is -3.74. The molecule has 1 aromatic rings. The molecule has 0 spiro atoms. The Labute approximate surface area is 166 Å². The van der Waals surface area contributed by atoms with E-state index in [2.05, 4.69) is 5.32 Å². The van der Waals surface area contributed by atoms with E-state index in [4.69, 9.17) is 9.47 Å². The lowest BCUT2D eigenvalue weighted by molar-refractivity contribution is -0.125. The Morgan fingerprint density at radius 2 is 1.86 bits per heavy atom. The number of hydrogen-bond acceptors (Lipinski definition) is 6. The van der Waals surface area contributed by atoms with Crippen LogP contribution in [-0.4, -0.2) is 63.6 Å². The van der Waals surface area contributed by atoms with Gasteiger partial charge in [-0.25, -0.2) is 13.2 Å². The second-order valence-corrected chi connectivity index (χ2v) is 8.56. The fraction of sp³-hybridized carbons (Fsp3) is 0.579. The second-order valence-electron chi connectivity index (χ2n) is 6.65. The smallest absolute Gasteiger partial charge is 0.338 e. The van der Waals surface area contributed by atoms with Gasteiger partial charge in [0.2, 0.25) is 10.0 Å². The lowest BCUT2D eigenvalue weighted by atomic mass is 10.1. The number of benzene rings is 1. The average Bonchev–Trinajstić information content (AvgIpc) is 2.71. The highest BCUT2D eigenvalue weighted by molar-refractivity contribution is 7.89. The van der Waals surface area contributed by atoms with E-state index < -0.39 is 22.6 Å². The zero-order valence-corrected chi connectivity index (χ0v) is 17.4. The van der Waals surface area contributed by atoms with Crippen LogP contribution in [0.4, 0.5) is 0 Å². The van der Waals surface area contributed by atoms with E-state index in [1.807, 2.05) is 13.8 Å². The van der Waals surface area contributed by atoms with E-state index in [0.29, 0.717) is 18.8 Å². The van der Waals surface area contributed by atoms with Gasteiger partial charge in [0.1, 0.15) is 0 Å². The van der Waals surface area contributed by atoms with E-state index in [1.165, 1.54) is 16.4 Å². The van der Waals surface area contributed by atoms with E-state index in [0.717, 1.165) is 12.8 Å². The van der Waals surface area contributed by atoms with Crippen molar-refractivity contribution in [3.05, 3.63) is 29.3 Å². The zero-order chi connectivity index (χ0) is 20.7. The fourth-order valence-corrected chi connectivity index (χ4v) is 4.57. The molecule has 1 heterocycles. The van der Waals surface area contributed by atoms with Crippen molar-refractivity contribution in [1.82, 2.24) is 9.62 Å². The zero-order valence-electron chi connectivity index (χ0n) is 16.6. The number of esters is 1. The van der Waals surface area contributed by atoms with Crippen molar-refractivity contribution in [2.24, 2.45) is 0 Å². The molecule has 1 saturated heterocycles. The molecule has 0 aromatic heterocycles. The van der Waals surface area contributed by atoms with Crippen LogP contribution >= 0.6 is 0 Å². The van der Waals surface area contributed by atoms with Crippen LogP contribution < -0.4 is 5.32 Å². The van der Waals surface area contributed by atoms with Crippen molar-refractivity contribution in [3.8, 4) is 0 Å². The molecule has 1 amide bonds. The van der Waals surface area contributed by atoms with Gasteiger partial charge in [0.05, 0.1) is 23.7 Å². The van der Waals surface area contributed by atoms with Crippen molar-refractivity contribution >= 4 is 21.9 Å². The molecule has 0 radical (unpaired) electrons. The number of aryl methyl sites for hydroxylation is 1. The van der Waals surface area contributed by atoms with Crippen LogP contribution in [0.15, 0.2) is 23.1 Å². The molecule has 0 aliphatic carbocycles. The Hall–Kier alpha value is -1.97. The van der Waals surface area contributed by atoms with Crippen LogP contribution in [0.1, 0.15) is 42.6 Å². The van der Waals surface area contributed by atoms with Gasteiger partial charge >= 0.3 is 5.97 Å². The lowest BCUT2D eigenvalue weighted by Crippen LogP contribution is -2.40. The number of morpholine rings is 1. The van der Waals surface area contributed by atoms with E-state index in [1.54, 1.807) is 13.0 Å². The van der Waals surface area contributed by atoms with Crippen LogP contribution in [0.3, 0.4) is 0 Å². The SMILES string of the molecule is CCC(CC)NC(=O)COC(=O)c1ccc(C)c(S(=O)(=O)N2CCOCC2)c1. The average molecular weight is 413 g/mol. The Kier molecular flexibility index (Phi) is 7.97. The van der Waals surface area contributed by atoms with Gasteiger partial charge in [0.25, 0.3) is 5.91 Å². The third kappa shape index (κ3) is 5.52. The summed E-state index contributed by atoms with van der Waals surface area (Å²) in [5.41, 5.74) is 0.627. The topological polar surface area (TPSA) is 102 Å². The Bertz CT molecular complexity index is 799. The number of nitrogens with one attached hydrogen (secondary N) is 1. The van der Waals surface area contributed by atoms with Gasteiger partial charge in [0, 0.05) is 19.1 Å². The molecular formula is C19H28N2O6S. The third-order valence-electron chi connectivity index (χ3n) is 4.70. The maximum Gasteiger partial charge on any atom is 0.338 e. The van der Waals surface area contributed by atoms with Gasteiger partial charge in [-0.2, -0.15) is 4.31 Å². The van der Waals surface area contributed by atoms with Crippen molar-refractivity contribution in [1.29, 1.82) is 0 Å². The molecule has 1 aliphatic rings. The molecule has 0 bridgehead atoms. The number of hydrogen-bond donors (Lipinski definition) is 1. The maximum atomic E-state index is 12.9. The summed E-state index contributed by atoms with van der Waals surface area (Å²) in [6.07, 6.45) is 1.58. The van der Waals surface area contributed by atoms with Gasteiger partial charge in [-0.3, -0.25) is 4.79 Å². The van der Waals surface area contributed by atoms with Crippen LogP contribution in [0.2, 0.25) is 0 Å². The highest BCUT2D eigenvalue weighted by atomic mass is 32.2. The van der Waals surface area contributed by atoms with Crippen molar-refractivity contribution in [2.45, 2.75) is 44.6 Å². The molecule has 1 N–H and O–H groups in total. The molecule has 1 aliphatic heterocycles. The molecular weight excluding hydrogens is 384 g/mol. The minimum Gasteiger partial charge on any atom is -0.452 e. The van der Waals surface area contributed by atoms with Crippen molar-refractivity contribution in [2.75, 3.05) is 32.9 Å². The van der Waals surface area contributed by atoms with Crippen LogP contribution in [-0.2, 0) is 24.3 Å². The number of carbonyl (C=O) groups is 2. The molecule has 0 unspecified atom stereocenters. The standard InChI is InChI=1S/C19H28N2O6S/c1-4-16(5-2)20-18(22)13-27-19(23)15-7-6-14(3)17(12-15)28(24,25)21-8-10-26-11-9-21/h6-7,12,16H,4-5,8-11,13H2,1-3H3,(H,20,22). The minimum absolute atomic E-state index is 0.0378. The summed E-state index contributed by atoms with van der Waals surface area (Å²) in [7, 11) is -3.74. The molecule has 1 aromatic carbocycles. The van der Waals surface area contributed by atoms with Crippen LogP contribution in [0.5, 0.6) is 0 Å². The predicted octanol–water partition coefficient (Wildman–Crippen LogP) is 1.48. The number of rotatable bonds is 8. The van der Waals surface area contributed by atoms with Crippen molar-refractivity contribution in [3.63, 3.8) is 0 Å². The number of amides is 1. The number of carbonyl (C=O) groups excluding carboxylic acids is 2. The third-order valence-corrected chi connectivity index (χ3v) is 6.74. The summed E-state index contributed by atoms with van der Waals surface area (Å²) < 4.78 is 37.4. The Morgan fingerprint density at radius 3 is 2.46 bits per heavy atom. The summed E-state index contributed by atoms with van der Waals surface area (Å²) >= 11 is 0. The molecule has 28 heavy (non-hydrogen) atoms. The van der Waals surface area contributed by atoms with Crippen molar-refractivity contribution < 1.29 is 27.5 Å². The highest BCUT2D eigenvalue weighted by Gasteiger charge is 2.28. The molecule has 9 heteroatoms. The monoisotopic (exact) mass is 412 g/mol. The van der Waals surface area contributed by atoms with Gasteiger partial charge < -0.3 is 14.8 Å². The summed E-state index contributed by atoms with van der Waals surface area (Å²) in [6.45, 7) is 6.41. The Morgan fingerprint density at radius 1 is 1.21 bits per heavy atom. The number of sulfonamides is 1. The first-order valence-corrected chi connectivity index (χ1v) is 10.9. The lowest BCUT2D eigenvalue weighted by Gasteiger charge is -2.26. The molecule has 8 nitrogen and oxygen atoms in total. The van der Waals surface area contributed by atoms with E-state index in [-0.39, 0.29) is 35.5 Å². The van der Waals surface area contributed by atoms with E-state index >= 15 is 0 Å². The van der Waals surface area contributed by atoms with Gasteiger partial charge in [-0.15, -0.1) is 0 Å². The van der Waals surface area contributed by atoms with Crippen LogP contribution in [0, 0.1) is 6.92 Å². The normalized spacial score (nSPS) is 15.4. The number of nitrogens with zero attached hydrogens (tertiary/aromatic N) is 1. The maximum absolute atomic E-state index is 12.9. The number of ether oxygens (including phenoxy) is 2. The fourth-order valence-electron chi connectivity index (χ4n) is 2.91. The Balaban J connectivity index is 2.09. The second kappa shape index (κ2) is 9.99. The molecule has 1 fully saturated rings. The van der Waals surface area contributed by atoms with Gasteiger partial charge in [-0.05, 0) is 37.5 Å². The summed E-state index contributed by atoms with van der Waals surface area (Å²) in [5.74, 6) is -1.12. The summed E-state index contributed by atoms with van der Waals surface area (Å²) in [4.78, 5) is 24.3. The van der Waals surface area contributed by atoms with Gasteiger partial charge in [0.15, 0.2) is 6.61 Å². The first-order chi connectivity index (χ1) is 13.3. The first-order valence-electron chi connectivity index (χ1n) is 9.44. The summed E-state index contributed by atoms with van der Waals surface area (Å²) in [6, 6.07) is 4.40. The summed E-state index contributed by atoms with van der Waals surface area (Å²) in [5, 5.41) is 2.78. The largest absolute Gasteiger partial charge is 0.452 e. The van der Waals surface area contributed by atoms with Crippen LogP contribution in [0.25, 0.3) is 0 Å². The molecule has 2 rings (SSSR count). The molecule has 0 atom stereocenters. The molecule has 156 valence electrons. The first kappa shape index (κ1) is 22.3. The van der Waals surface area contributed by atoms with Gasteiger partial charge in [-0.1, -0.05) is 19.9 Å².